The van der Waals surface area contributed by atoms with Crippen molar-refractivity contribution < 1.29 is 14.6 Å². The van der Waals surface area contributed by atoms with E-state index in [0.717, 1.165) is 30.7 Å². The summed E-state index contributed by atoms with van der Waals surface area (Å²) in [5.74, 6) is 0.372. The Morgan fingerprint density at radius 1 is 0.862 bits per heavy atom. The average Bonchev–Trinajstić information content (AvgIpc) is 2.72. The molecule has 148 valence electrons. The van der Waals surface area contributed by atoms with Gasteiger partial charge in [0.15, 0.2) is 6.61 Å². The number of benzene rings is 3. The van der Waals surface area contributed by atoms with Gasteiger partial charge in [-0.2, -0.15) is 0 Å². The third-order valence-corrected chi connectivity index (χ3v) is 6.03. The van der Waals surface area contributed by atoms with Crippen molar-refractivity contribution in [1.82, 2.24) is 0 Å². The fourth-order valence-electron chi connectivity index (χ4n) is 2.66. The lowest BCUT2D eigenvalue weighted by molar-refractivity contribution is -0.139. The Kier molecular flexibility index (Phi) is 7.98. The minimum atomic E-state index is -0.984. The molecule has 0 aliphatic rings. The summed E-state index contributed by atoms with van der Waals surface area (Å²) in [6, 6.07) is 24.1. The SMILES string of the molecule is O=C(O)COc1ccc(SCC=C(c2ccc(Br)cc2)c2ccc(Br)cc2)cc1. The fraction of sp³-hybridized carbons (Fsp3) is 0.0870. The van der Waals surface area contributed by atoms with Crippen molar-refractivity contribution in [2.45, 2.75) is 4.90 Å². The Bertz CT molecular complexity index is 935. The van der Waals surface area contributed by atoms with Crippen molar-refractivity contribution in [3.8, 4) is 5.75 Å². The lowest BCUT2D eigenvalue weighted by atomic mass is 9.98. The van der Waals surface area contributed by atoms with Gasteiger partial charge in [-0.05, 0) is 65.2 Å². The van der Waals surface area contributed by atoms with Gasteiger partial charge in [-0.1, -0.05) is 62.2 Å². The Morgan fingerprint density at radius 2 is 1.38 bits per heavy atom. The maximum atomic E-state index is 10.6. The van der Waals surface area contributed by atoms with Gasteiger partial charge in [-0.25, -0.2) is 4.79 Å². The van der Waals surface area contributed by atoms with Crippen LogP contribution in [0.5, 0.6) is 5.75 Å². The number of rotatable bonds is 8. The summed E-state index contributed by atoms with van der Waals surface area (Å²) in [6.07, 6.45) is 2.23. The van der Waals surface area contributed by atoms with Crippen LogP contribution in [0.25, 0.3) is 5.57 Å². The third kappa shape index (κ3) is 6.77. The minimum Gasteiger partial charge on any atom is -0.482 e. The molecule has 0 amide bonds. The van der Waals surface area contributed by atoms with Crippen molar-refractivity contribution >= 4 is 55.2 Å². The number of ether oxygens (including phenoxy) is 1. The van der Waals surface area contributed by atoms with E-state index in [0.29, 0.717) is 5.75 Å². The van der Waals surface area contributed by atoms with Crippen molar-refractivity contribution in [2.75, 3.05) is 12.4 Å². The smallest absolute Gasteiger partial charge is 0.341 e. The molecule has 0 aliphatic heterocycles. The molecule has 0 spiro atoms. The van der Waals surface area contributed by atoms with Gasteiger partial charge in [0.05, 0.1) is 0 Å². The molecule has 3 nitrogen and oxygen atoms in total. The lowest BCUT2D eigenvalue weighted by Crippen LogP contribution is -2.09. The highest BCUT2D eigenvalue weighted by Crippen LogP contribution is 2.28. The van der Waals surface area contributed by atoms with Crippen LogP contribution in [0.1, 0.15) is 11.1 Å². The predicted molar refractivity (Wildman–Crippen MR) is 126 cm³/mol. The van der Waals surface area contributed by atoms with Crippen LogP contribution >= 0.6 is 43.6 Å². The van der Waals surface area contributed by atoms with Gasteiger partial charge in [0.2, 0.25) is 0 Å². The molecule has 0 heterocycles. The Labute approximate surface area is 191 Å². The van der Waals surface area contributed by atoms with Crippen molar-refractivity contribution in [3.63, 3.8) is 0 Å². The maximum absolute atomic E-state index is 10.6. The van der Waals surface area contributed by atoms with Gasteiger partial charge >= 0.3 is 5.97 Å². The highest BCUT2D eigenvalue weighted by atomic mass is 79.9. The second kappa shape index (κ2) is 10.7. The van der Waals surface area contributed by atoms with E-state index in [1.807, 2.05) is 36.4 Å². The van der Waals surface area contributed by atoms with Crippen molar-refractivity contribution in [3.05, 3.63) is 98.9 Å². The number of thioether (sulfide) groups is 1. The van der Waals surface area contributed by atoms with Crippen LogP contribution in [0.2, 0.25) is 0 Å². The van der Waals surface area contributed by atoms with Gasteiger partial charge in [-0.3, -0.25) is 0 Å². The summed E-state index contributed by atoms with van der Waals surface area (Å²) in [5.41, 5.74) is 3.50. The molecule has 0 saturated carbocycles. The number of hydrogen-bond acceptors (Lipinski definition) is 3. The zero-order chi connectivity index (χ0) is 20.6. The van der Waals surface area contributed by atoms with E-state index in [1.165, 1.54) is 5.57 Å². The topological polar surface area (TPSA) is 46.5 Å². The number of aliphatic carboxylic acids is 1. The Hall–Kier alpha value is -2.02. The molecule has 0 unspecified atom stereocenters. The second-order valence-corrected chi connectivity index (χ2v) is 9.02. The van der Waals surface area contributed by atoms with Crippen LogP contribution in [0.15, 0.2) is 92.7 Å². The number of carbonyl (C=O) groups is 1. The summed E-state index contributed by atoms with van der Waals surface area (Å²) in [6.45, 7) is -0.334. The van der Waals surface area contributed by atoms with E-state index >= 15 is 0 Å². The first-order chi connectivity index (χ1) is 14.0. The second-order valence-electron chi connectivity index (χ2n) is 6.10. The Balaban J connectivity index is 1.73. The third-order valence-electron chi connectivity index (χ3n) is 4.03. The van der Waals surface area contributed by atoms with Gasteiger partial charge in [-0.15, -0.1) is 11.8 Å². The molecule has 1 N–H and O–H groups in total. The molecule has 6 heteroatoms. The van der Waals surface area contributed by atoms with Crippen molar-refractivity contribution in [2.24, 2.45) is 0 Å². The van der Waals surface area contributed by atoms with E-state index in [2.05, 4.69) is 62.2 Å². The Morgan fingerprint density at radius 3 is 1.86 bits per heavy atom. The van der Waals surface area contributed by atoms with E-state index in [1.54, 1.807) is 23.9 Å². The largest absolute Gasteiger partial charge is 0.482 e. The van der Waals surface area contributed by atoms with Gasteiger partial charge in [0.1, 0.15) is 5.75 Å². The van der Waals surface area contributed by atoms with Gasteiger partial charge < -0.3 is 9.84 Å². The molecule has 29 heavy (non-hydrogen) atoms. The molecule has 0 aromatic heterocycles. The monoisotopic (exact) mass is 532 g/mol. The standard InChI is InChI=1S/C23H18Br2O3S/c24-18-5-1-16(2-6-18)22(17-3-7-19(25)8-4-17)13-14-29-21-11-9-20(10-12-21)28-15-23(26)27/h1-13H,14-15H2,(H,26,27). The highest BCUT2D eigenvalue weighted by molar-refractivity contribution is 9.10. The molecule has 0 saturated heterocycles. The molecule has 0 fully saturated rings. The predicted octanol–water partition coefficient (Wildman–Crippen LogP) is 6.90. The van der Waals surface area contributed by atoms with E-state index in [9.17, 15) is 4.79 Å². The van der Waals surface area contributed by atoms with Crippen LogP contribution < -0.4 is 4.74 Å². The quantitative estimate of drug-likeness (QED) is 0.320. The summed E-state index contributed by atoms with van der Waals surface area (Å²) >= 11 is 8.70. The molecule has 0 bridgehead atoms. The zero-order valence-corrected chi connectivity index (χ0v) is 19.3. The highest BCUT2D eigenvalue weighted by Gasteiger charge is 2.06. The summed E-state index contributed by atoms with van der Waals surface area (Å²) in [7, 11) is 0. The molecule has 3 aromatic carbocycles. The minimum absolute atomic E-state index is 0.334. The van der Waals surface area contributed by atoms with Gasteiger partial charge in [0, 0.05) is 19.6 Å². The number of carboxylic acids is 1. The lowest BCUT2D eigenvalue weighted by Gasteiger charge is -2.10. The fourth-order valence-corrected chi connectivity index (χ4v) is 3.96. The number of carboxylic acid groups (broad SMARTS) is 1. The molecule has 0 atom stereocenters. The van der Waals surface area contributed by atoms with E-state index in [4.69, 9.17) is 9.84 Å². The first-order valence-corrected chi connectivity index (χ1v) is 11.4. The first kappa shape index (κ1) is 21.7. The molecular weight excluding hydrogens is 516 g/mol. The summed E-state index contributed by atoms with van der Waals surface area (Å²) in [4.78, 5) is 11.7. The first-order valence-electron chi connectivity index (χ1n) is 8.81. The number of hydrogen-bond donors (Lipinski definition) is 1. The van der Waals surface area contributed by atoms with Crippen LogP contribution in [-0.2, 0) is 4.79 Å². The van der Waals surface area contributed by atoms with Crippen LogP contribution in [-0.4, -0.2) is 23.4 Å². The van der Waals surface area contributed by atoms with Crippen molar-refractivity contribution in [1.29, 1.82) is 0 Å². The molecule has 0 radical (unpaired) electrons. The number of halogens is 2. The molecule has 3 rings (SSSR count). The van der Waals surface area contributed by atoms with E-state index in [-0.39, 0.29) is 6.61 Å². The zero-order valence-electron chi connectivity index (χ0n) is 15.3. The molecule has 0 aliphatic carbocycles. The molecular formula is C23H18Br2O3S. The van der Waals surface area contributed by atoms with Crippen LogP contribution in [0, 0.1) is 0 Å². The maximum Gasteiger partial charge on any atom is 0.341 e. The van der Waals surface area contributed by atoms with E-state index < -0.39 is 5.97 Å². The molecule has 3 aromatic rings. The normalized spacial score (nSPS) is 10.4. The average molecular weight is 534 g/mol. The van der Waals surface area contributed by atoms with Gasteiger partial charge in [0.25, 0.3) is 0 Å². The summed E-state index contributed by atoms with van der Waals surface area (Å²) in [5, 5.41) is 8.67. The summed E-state index contributed by atoms with van der Waals surface area (Å²) < 4.78 is 7.28. The van der Waals surface area contributed by atoms with Crippen LogP contribution in [0.3, 0.4) is 0 Å². The van der Waals surface area contributed by atoms with Crippen LogP contribution in [0.4, 0.5) is 0 Å².